The summed E-state index contributed by atoms with van der Waals surface area (Å²) in [4.78, 5) is 17.8. The smallest absolute Gasteiger partial charge is 0.221 e. The van der Waals surface area contributed by atoms with Crippen LogP contribution in [0.2, 0.25) is 0 Å². The number of aromatic nitrogens is 3. The number of aliphatic imine (C=N–C) groups is 1. The number of hydrogen-bond donors (Lipinski definition) is 2. The number of nitrogens with zero attached hydrogens (tertiary/aromatic N) is 6. The molecule has 3 rings (SSSR count). The Hall–Kier alpha value is -4.12. The van der Waals surface area contributed by atoms with Crippen LogP contribution in [0.15, 0.2) is 52.6 Å². The Morgan fingerprint density at radius 3 is 2.61 bits per heavy atom. The zero-order valence-electron chi connectivity index (χ0n) is 19.4. The van der Waals surface area contributed by atoms with Crippen LogP contribution in [0.3, 0.4) is 0 Å². The highest BCUT2D eigenvalue weighted by molar-refractivity contribution is 6.37. The van der Waals surface area contributed by atoms with Gasteiger partial charge >= 0.3 is 0 Å². The highest BCUT2D eigenvalue weighted by Crippen LogP contribution is 2.26. The molecule has 0 saturated heterocycles. The number of nitrogens with two attached hydrogens (primary N) is 2. The second kappa shape index (κ2) is 10.0. The molecule has 0 amide bonds. The summed E-state index contributed by atoms with van der Waals surface area (Å²) in [7, 11) is 0. The number of pyridine rings is 1. The molecular weight excluding hydrogens is 412 g/mol. The van der Waals surface area contributed by atoms with Gasteiger partial charge in [-0.05, 0) is 43.2 Å². The summed E-state index contributed by atoms with van der Waals surface area (Å²) in [5.41, 5.74) is 11.4. The molecule has 4 N–H and O–H groups in total. The van der Waals surface area contributed by atoms with Crippen molar-refractivity contribution in [2.45, 2.75) is 46.1 Å². The molecule has 8 nitrogen and oxygen atoms in total. The third kappa shape index (κ3) is 5.39. The molecule has 168 valence electrons. The van der Waals surface area contributed by atoms with Crippen molar-refractivity contribution in [3.63, 3.8) is 0 Å². The predicted molar refractivity (Wildman–Crippen MR) is 132 cm³/mol. The molecule has 33 heavy (non-hydrogen) atoms. The van der Waals surface area contributed by atoms with Crippen LogP contribution in [0.25, 0.3) is 11.3 Å². The van der Waals surface area contributed by atoms with Crippen molar-refractivity contribution in [3.8, 4) is 17.3 Å². The van der Waals surface area contributed by atoms with Crippen LogP contribution < -0.4 is 11.6 Å². The summed E-state index contributed by atoms with van der Waals surface area (Å²) < 4.78 is 0. The van der Waals surface area contributed by atoms with E-state index in [0.717, 1.165) is 28.9 Å². The summed E-state index contributed by atoms with van der Waals surface area (Å²) in [5.74, 6) is 5.71. The molecule has 0 aliphatic rings. The molecule has 0 bridgehead atoms. The van der Waals surface area contributed by atoms with Crippen LogP contribution in [0.4, 0.5) is 5.95 Å². The largest absolute Gasteiger partial charge is 0.368 e. The van der Waals surface area contributed by atoms with Crippen molar-refractivity contribution in [2.24, 2.45) is 15.9 Å². The van der Waals surface area contributed by atoms with Gasteiger partial charge in [0.1, 0.15) is 5.71 Å². The fraction of sp³-hybridized carbons (Fsp3) is 0.280. The van der Waals surface area contributed by atoms with E-state index in [1.54, 1.807) is 24.4 Å². The molecule has 0 aliphatic heterocycles. The quantitative estimate of drug-likeness (QED) is 0.324. The highest BCUT2D eigenvalue weighted by Gasteiger charge is 2.19. The Kier molecular flexibility index (Phi) is 7.13. The molecule has 0 unspecified atom stereocenters. The molecular formula is C25H28N8. The summed E-state index contributed by atoms with van der Waals surface area (Å²) in [6, 6.07) is 15.3. The van der Waals surface area contributed by atoms with E-state index in [0.29, 0.717) is 29.2 Å². The Labute approximate surface area is 194 Å². The summed E-state index contributed by atoms with van der Waals surface area (Å²) in [6.07, 6.45) is 2.55. The third-order valence-electron chi connectivity index (χ3n) is 5.73. The number of nitrogen functional groups attached to an aromatic ring is 1. The normalized spacial score (nSPS) is 12.2. The van der Waals surface area contributed by atoms with Gasteiger partial charge in [-0.1, -0.05) is 39.0 Å². The van der Waals surface area contributed by atoms with Gasteiger partial charge in [0, 0.05) is 16.7 Å². The number of rotatable bonds is 7. The minimum atomic E-state index is -0.000527. The molecule has 0 saturated carbocycles. The minimum Gasteiger partial charge on any atom is -0.368 e. The maximum atomic E-state index is 9.33. The van der Waals surface area contributed by atoms with Crippen LogP contribution in [-0.2, 0) is 12.0 Å². The van der Waals surface area contributed by atoms with E-state index in [4.69, 9.17) is 16.6 Å². The molecule has 1 aromatic carbocycles. The van der Waals surface area contributed by atoms with Gasteiger partial charge in [0.2, 0.25) is 5.95 Å². The maximum absolute atomic E-state index is 9.33. The van der Waals surface area contributed by atoms with E-state index < -0.39 is 0 Å². The molecule has 2 aromatic heterocycles. The highest BCUT2D eigenvalue weighted by atomic mass is 15.1. The van der Waals surface area contributed by atoms with Crippen molar-refractivity contribution >= 4 is 17.9 Å². The SMILES string of the molecule is CCC(C)(C)c1cccc(CN=C/C(=N\N)c2cc(-c3cccc(C#N)c3C)nc(N)n2)n1. The molecule has 0 radical (unpaired) electrons. The Balaban J connectivity index is 1.87. The Morgan fingerprint density at radius 2 is 1.91 bits per heavy atom. The van der Waals surface area contributed by atoms with Gasteiger partial charge in [-0.25, -0.2) is 9.97 Å². The van der Waals surface area contributed by atoms with Crippen molar-refractivity contribution < 1.29 is 0 Å². The number of benzene rings is 1. The van der Waals surface area contributed by atoms with Crippen molar-refractivity contribution in [2.75, 3.05) is 5.73 Å². The van der Waals surface area contributed by atoms with Gasteiger partial charge in [0.05, 0.1) is 41.5 Å². The molecule has 0 spiro atoms. The lowest BCUT2D eigenvalue weighted by Gasteiger charge is -2.22. The van der Waals surface area contributed by atoms with Crippen LogP contribution in [0.1, 0.15) is 55.4 Å². The maximum Gasteiger partial charge on any atom is 0.221 e. The molecule has 8 heteroatoms. The molecule has 0 fully saturated rings. The molecule has 0 atom stereocenters. The Bertz CT molecular complexity index is 1250. The first-order valence-corrected chi connectivity index (χ1v) is 10.7. The lowest BCUT2D eigenvalue weighted by atomic mass is 9.86. The van der Waals surface area contributed by atoms with Gasteiger partial charge in [0.25, 0.3) is 0 Å². The topological polar surface area (TPSA) is 139 Å². The first kappa shape index (κ1) is 23.5. The van der Waals surface area contributed by atoms with Crippen LogP contribution in [-0.4, -0.2) is 26.9 Å². The zero-order valence-corrected chi connectivity index (χ0v) is 19.4. The van der Waals surface area contributed by atoms with E-state index in [1.807, 2.05) is 31.2 Å². The standard InChI is InChI=1S/C25H28N8/c1-5-25(3,4)23-11-7-9-18(30-23)14-29-15-22(33-28)21-12-20(31-24(27)32-21)19-10-6-8-17(13-26)16(19)2/h6-12,15H,5,14,28H2,1-4H3,(H2,27,31,32)/b29-15?,33-22+. The van der Waals surface area contributed by atoms with Gasteiger partial charge in [-0.2, -0.15) is 10.4 Å². The van der Waals surface area contributed by atoms with E-state index >= 15 is 0 Å². The second-order valence-electron chi connectivity index (χ2n) is 8.32. The molecule has 3 aromatic rings. The number of nitriles is 1. The fourth-order valence-electron chi connectivity index (χ4n) is 3.29. The van der Waals surface area contributed by atoms with Gasteiger partial charge < -0.3 is 11.6 Å². The second-order valence-corrected chi connectivity index (χ2v) is 8.32. The average molecular weight is 441 g/mol. The lowest BCUT2D eigenvalue weighted by Crippen LogP contribution is -2.18. The number of hydrazone groups is 1. The fourth-order valence-corrected chi connectivity index (χ4v) is 3.29. The van der Waals surface area contributed by atoms with Crippen molar-refractivity contribution in [1.29, 1.82) is 5.26 Å². The number of hydrogen-bond acceptors (Lipinski definition) is 8. The number of anilines is 1. The summed E-state index contributed by atoms with van der Waals surface area (Å²) in [5, 5.41) is 13.2. The summed E-state index contributed by atoms with van der Waals surface area (Å²) >= 11 is 0. The van der Waals surface area contributed by atoms with Crippen LogP contribution >= 0.6 is 0 Å². The van der Waals surface area contributed by atoms with Crippen molar-refractivity contribution in [1.82, 2.24) is 15.0 Å². The average Bonchev–Trinajstić information content (AvgIpc) is 2.81. The predicted octanol–water partition coefficient (Wildman–Crippen LogP) is 3.92. The molecule has 0 aliphatic carbocycles. The van der Waals surface area contributed by atoms with Gasteiger partial charge in [-0.15, -0.1) is 0 Å². The lowest BCUT2D eigenvalue weighted by molar-refractivity contribution is 0.488. The van der Waals surface area contributed by atoms with E-state index in [2.05, 4.69) is 46.9 Å². The van der Waals surface area contributed by atoms with Crippen LogP contribution in [0.5, 0.6) is 0 Å². The first-order chi connectivity index (χ1) is 15.8. The summed E-state index contributed by atoms with van der Waals surface area (Å²) in [6.45, 7) is 8.74. The van der Waals surface area contributed by atoms with Crippen LogP contribution in [0, 0.1) is 18.3 Å². The monoisotopic (exact) mass is 440 g/mol. The van der Waals surface area contributed by atoms with Gasteiger partial charge in [0.15, 0.2) is 0 Å². The van der Waals surface area contributed by atoms with Gasteiger partial charge in [-0.3, -0.25) is 9.98 Å². The third-order valence-corrected chi connectivity index (χ3v) is 5.73. The van der Waals surface area contributed by atoms with E-state index in [9.17, 15) is 5.26 Å². The molecule has 2 heterocycles. The van der Waals surface area contributed by atoms with E-state index in [1.165, 1.54) is 0 Å². The Morgan fingerprint density at radius 1 is 1.15 bits per heavy atom. The van der Waals surface area contributed by atoms with Crippen molar-refractivity contribution in [3.05, 3.63) is 70.7 Å². The van der Waals surface area contributed by atoms with E-state index in [-0.39, 0.29) is 11.4 Å². The first-order valence-electron chi connectivity index (χ1n) is 10.7. The zero-order chi connectivity index (χ0) is 24.0. The minimum absolute atomic E-state index is 0.000527.